The summed E-state index contributed by atoms with van der Waals surface area (Å²) in [5, 5.41) is 0. The summed E-state index contributed by atoms with van der Waals surface area (Å²) in [5.74, 6) is 5.72. The van der Waals surface area contributed by atoms with Gasteiger partial charge in [0.2, 0.25) is 0 Å². The van der Waals surface area contributed by atoms with Gasteiger partial charge in [0, 0.05) is 6.42 Å². The topological polar surface area (TPSA) is 50.4 Å². The van der Waals surface area contributed by atoms with E-state index in [1.54, 1.807) is 18.2 Å². The molecule has 0 fully saturated rings. The highest BCUT2D eigenvalue weighted by molar-refractivity contribution is 5.84. The monoisotopic (exact) mass is 223 g/mol. The second kappa shape index (κ2) is 5.07. The molecule has 0 bridgehead atoms. The summed E-state index contributed by atoms with van der Waals surface area (Å²) < 4.78 is 13.4. The molecule has 0 atom stereocenters. The first kappa shape index (κ1) is 12.6. The Morgan fingerprint density at radius 3 is 2.50 bits per heavy atom. The zero-order valence-corrected chi connectivity index (χ0v) is 9.92. The van der Waals surface area contributed by atoms with E-state index in [-0.39, 0.29) is 11.4 Å². The second-order valence-electron chi connectivity index (χ2n) is 4.64. The van der Waals surface area contributed by atoms with Crippen LogP contribution in [0.5, 0.6) is 0 Å². The lowest BCUT2D eigenvalue weighted by Crippen LogP contribution is -2.34. The van der Waals surface area contributed by atoms with Crippen molar-refractivity contribution >= 4 is 5.84 Å². The van der Waals surface area contributed by atoms with E-state index in [9.17, 15) is 4.39 Å². The van der Waals surface area contributed by atoms with Gasteiger partial charge in [-0.2, -0.15) is 0 Å². The number of nitrogens with zero attached hydrogens (tertiary/aromatic N) is 1. The van der Waals surface area contributed by atoms with Gasteiger partial charge in [-0.05, 0) is 32.4 Å². The molecule has 0 aliphatic rings. The van der Waals surface area contributed by atoms with Crippen LogP contribution in [0, 0.1) is 5.82 Å². The van der Waals surface area contributed by atoms with Crippen LogP contribution in [-0.2, 0) is 6.42 Å². The Morgan fingerprint density at radius 1 is 1.38 bits per heavy atom. The molecule has 0 aliphatic carbocycles. The molecule has 0 heterocycles. The molecule has 16 heavy (non-hydrogen) atoms. The van der Waals surface area contributed by atoms with E-state index < -0.39 is 0 Å². The molecule has 1 rings (SSSR count). The summed E-state index contributed by atoms with van der Waals surface area (Å²) in [7, 11) is 0. The van der Waals surface area contributed by atoms with Crippen molar-refractivity contribution in [3.8, 4) is 0 Å². The minimum atomic E-state index is -0.237. The maximum absolute atomic E-state index is 13.4. The molecule has 1 aromatic carbocycles. The predicted octanol–water partition coefficient (Wildman–Crippen LogP) is 2.03. The number of nitrogens with two attached hydrogens (primary N) is 1. The van der Waals surface area contributed by atoms with E-state index in [1.165, 1.54) is 6.07 Å². The second-order valence-corrected chi connectivity index (χ2v) is 4.64. The molecule has 88 valence electrons. The molecule has 3 nitrogen and oxygen atoms in total. The van der Waals surface area contributed by atoms with E-state index in [4.69, 9.17) is 5.84 Å². The summed E-state index contributed by atoms with van der Waals surface area (Å²) in [4.78, 5) is 4.38. The first-order valence-electron chi connectivity index (χ1n) is 5.21. The van der Waals surface area contributed by atoms with Crippen molar-refractivity contribution < 1.29 is 4.39 Å². The van der Waals surface area contributed by atoms with Crippen molar-refractivity contribution in [3.63, 3.8) is 0 Å². The van der Waals surface area contributed by atoms with Gasteiger partial charge >= 0.3 is 0 Å². The summed E-state index contributed by atoms with van der Waals surface area (Å²) in [6.07, 6.45) is 0.375. The summed E-state index contributed by atoms with van der Waals surface area (Å²) in [5.41, 5.74) is 2.87. The minimum absolute atomic E-state index is 0.229. The molecule has 4 heteroatoms. The van der Waals surface area contributed by atoms with Gasteiger partial charge in [0.15, 0.2) is 0 Å². The highest BCUT2D eigenvalue weighted by Gasteiger charge is 2.11. The molecule has 0 saturated heterocycles. The van der Waals surface area contributed by atoms with Gasteiger partial charge in [0.1, 0.15) is 11.7 Å². The van der Waals surface area contributed by atoms with Gasteiger partial charge in [0.25, 0.3) is 0 Å². The molecule has 0 spiro atoms. The van der Waals surface area contributed by atoms with Crippen molar-refractivity contribution in [1.29, 1.82) is 0 Å². The maximum Gasteiger partial charge on any atom is 0.126 e. The molecular formula is C12H18FN3. The van der Waals surface area contributed by atoms with Crippen LogP contribution < -0.4 is 11.3 Å². The lowest BCUT2D eigenvalue weighted by atomic mass is 10.1. The van der Waals surface area contributed by atoms with E-state index in [2.05, 4.69) is 10.4 Å². The molecule has 3 N–H and O–H groups in total. The largest absolute Gasteiger partial charge is 0.312 e. The average molecular weight is 223 g/mol. The van der Waals surface area contributed by atoms with Crippen LogP contribution >= 0.6 is 0 Å². The van der Waals surface area contributed by atoms with Crippen LogP contribution in [0.15, 0.2) is 29.3 Å². The van der Waals surface area contributed by atoms with Gasteiger partial charge in [-0.1, -0.05) is 18.2 Å². The fraction of sp³-hybridized carbons (Fsp3) is 0.417. The number of benzene rings is 1. The molecule has 0 radical (unpaired) electrons. The Balaban J connectivity index is 2.87. The van der Waals surface area contributed by atoms with Crippen molar-refractivity contribution in [2.45, 2.75) is 32.7 Å². The first-order chi connectivity index (χ1) is 7.42. The van der Waals surface area contributed by atoms with Crippen LogP contribution in [0.3, 0.4) is 0 Å². The van der Waals surface area contributed by atoms with Crippen molar-refractivity contribution in [2.75, 3.05) is 0 Å². The van der Waals surface area contributed by atoms with Gasteiger partial charge < -0.3 is 5.43 Å². The molecule has 0 aliphatic heterocycles. The number of hydrazine groups is 1. The number of halogens is 1. The lowest BCUT2D eigenvalue weighted by molar-refractivity contribution is 0.576. The summed E-state index contributed by atoms with van der Waals surface area (Å²) in [6.45, 7) is 5.89. The zero-order valence-electron chi connectivity index (χ0n) is 9.92. The van der Waals surface area contributed by atoms with Gasteiger partial charge in [-0.3, -0.25) is 4.99 Å². The molecule has 0 aromatic heterocycles. The van der Waals surface area contributed by atoms with Gasteiger partial charge in [0.05, 0.1) is 5.54 Å². The minimum Gasteiger partial charge on any atom is -0.312 e. The van der Waals surface area contributed by atoms with Crippen molar-refractivity contribution in [3.05, 3.63) is 35.6 Å². The van der Waals surface area contributed by atoms with Gasteiger partial charge in [-0.15, -0.1) is 0 Å². The number of hydrogen-bond donors (Lipinski definition) is 2. The zero-order chi connectivity index (χ0) is 12.2. The fourth-order valence-corrected chi connectivity index (χ4v) is 1.35. The van der Waals surface area contributed by atoms with E-state index in [0.29, 0.717) is 17.8 Å². The highest BCUT2D eigenvalue weighted by atomic mass is 19.1. The fourth-order valence-electron chi connectivity index (χ4n) is 1.35. The Labute approximate surface area is 95.5 Å². The number of aliphatic imine (C=N–C) groups is 1. The van der Waals surface area contributed by atoms with E-state index >= 15 is 0 Å². The Kier molecular flexibility index (Phi) is 4.01. The molecule has 0 saturated carbocycles. The number of amidine groups is 1. The summed E-state index contributed by atoms with van der Waals surface area (Å²) >= 11 is 0. The first-order valence-corrected chi connectivity index (χ1v) is 5.21. The standard InChI is InChI=1S/C12H18FN3/c1-12(2,3)15-11(16-14)8-9-6-4-5-7-10(9)13/h4-7H,8,14H2,1-3H3,(H,15,16). The smallest absolute Gasteiger partial charge is 0.126 e. The van der Waals surface area contributed by atoms with Crippen molar-refractivity contribution in [1.82, 2.24) is 5.43 Å². The third-order valence-corrected chi connectivity index (χ3v) is 1.95. The Bertz CT molecular complexity index is 380. The number of hydrogen-bond acceptors (Lipinski definition) is 2. The van der Waals surface area contributed by atoms with Gasteiger partial charge in [-0.25, -0.2) is 10.2 Å². The molecule has 0 amide bonds. The Hall–Kier alpha value is -1.42. The molecular weight excluding hydrogens is 205 g/mol. The third kappa shape index (κ3) is 3.98. The predicted molar refractivity (Wildman–Crippen MR) is 64.6 cm³/mol. The van der Waals surface area contributed by atoms with Crippen LogP contribution in [-0.4, -0.2) is 11.4 Å². The molecule has 0 unspecified atom stereocenters. The van der Waals surface area contributed by atoms with Crippen LogP contribution in [0.25, 0.3) is 0 Å². The lowest BCUT2D eigenvalue weighted by Gasteiger charge is -2.15. The molecule has 1 aromatic rings. The van der Waals surface area contributed by atoms with E-state index in [1.807, 2.05) is 20.8 Å². The summed E-state index contributed by atoms with van der Waals surface area (Å²) in [6, 6.07) is 6.62. The number of nitrogens with one attached hydrogen (secondary N) is 1. The normalized spacial score (nSPS) is 12.7. The quantitative estimate of drug-likeness (QED) is 0.349. The number of rotatable bonds is 2. The van der Waals surface area contributed by atoms with Crippen LogP contribution in [0.4, 0.5) is 4.39 Å². The van der Waals surface area contributed by atoms with Crippen molar-refractivity contribution in [2.24, 2.45) is 10.8 Å². The van der Waals surface area contributed by atoms with Crippen LogP contribution in [0.1, 0.15) is 26.3 Å². The SMILES string of the molecule is CC(C)(C)N=C(Cc1ccccc1F)NN. The Morgan fingerprint density at radius 2 is 2.00 bits per heavy atom. The average Bonchev–Trinajstić information content (AvgIpc) is 2.18. The maximum atomic E-state index is 13.4. The third-order valence-electron chi connectivity index (χ3n) is 1.95. The van der Waals surface area contributed by atoms with E-state index in [0.717, 1.165) is 0 Å². The highest BCUT2D eigenvalue weighted by Crippen LogP contribution is 2.10. The van der Waals surface area contributed by atoms with Crippen LogP contribution in [0.2, 0.25) is 0 Å².